The first-order valence-corrected chi connectivity index (χ1v) is 14.5. The summed E-state index contributed by atoms with van der Waals surface area (Å²) in [6.07, 6.45) is 7.01. The fourth-order valence-electron chi connectivity index (χ4n) is 5.34. The second-order valence-corrected chi connectivity index (χ2v) is 11.7. The highest BCUT2D eigenvalue weighted by molar-refractivity contribution is 5.97. The van der Waals surface area contributed by atoms with E-state index in [0.717, 1.165) is 102 Å². The number of hydrogen-bond donors (Lipinski definition) is 0. The van der Waals surface area contributed by atoms with Gasteiger partial charge in [0.25, 0.3) is 5.91 Å². The lowest BCUT2D eigenvalue weighted by Crippen LogP contribution is -2.50. The van der Waals surface area contributed by atoms with Crippen molar-refractivity contribution in [2.24, 2.45) is 5.92 Å². The number of carbonyl (C=O) groups excluding carboxylic acids is 2. The number of benzene rings is 1. The number of fused-ring (bicyclic) bond motifs is 1. The highest BCUT2D eigenvalue weighted by Gasteiger charge is 2.24. The zero-order valence-electron chi connectivity index (χ0n) is 24.2. The molecule has 1 fully saturated rings. The molecule has 2 aliphatic heterocycles. The minimum Gasteiger partial charge on any atom is -0.336 e. The third kappa shape index (κ3) is 9.38. The fourth-order valence-corrected chi connectivity index (χ4v) is 5.34. The Morgan fingerprint density at radius 2 is 1.54 bits per heavy atom. The molecule has 2 heterocycles. The maximum absolute atomic E-state index is 13.6. The molecule has 0 aromatic heterocycles. The van der Waals surface area contributed by atoms with Gasteiger partial charge in [-0.05, 0) is 76.1 Å². The van der Waals surface area contributed by atoms with E-state index in [4.69, 9.17) is 0 Å². The van der Waals surface area contributed by atoms with Crippen LogP contribution in [0.3, 0.4) is 0 Å². The second-order valence-electron chi connectivity index (χ2n) is 11.7. The van der Waals surface area contributed by atoms with E-state index in [2.05, 4.69) is 48.7 Å². The van der Waals surface area contributed by atoms with Crippen LogP contribution >= 0.6 is 0 Å². The van der Waals surface area contributed by atoms with Gasteiger partial charge in [0, 0.05) is 70.5 Å². The maximum atomic E-state index is 13.6. The molecule has 1 aromatic carbocycles. The van der Waals surface area contributed by atoms with Gasteiger partial charge in [-0.1, -0.05) is 33.1 Å². The summed E-state index contributed by atoms with van der Waals surface area (Å²) in [4.78, 5) is 37.4. The van der Waals surface area contributed by atoms with Crippen LogP contribution in [0.4, 0.5) is 5.69 Å². The lowest BCUT2D eigenvalue weighted by atomic mass is 10.0. The highest BCUT2D eigenvalue weighted by Crippen LogP contribution is 2.27. The molecule has 0 bridgehead atoms. The molecular weight excluding hydrogens is 462 g/mol. The summed E-state index contributed by atoms with van der Waals surface area (Å²) in [5.41, 5.74) is 2.84. The Labute approximate surface area is 225 Å². The van der Waals surface area contributed by atoms with Crippen LogP contribution in [0.5, 0.6) is 0 Å². The molecule has 7 nitrogen and oxygen atoms in total. The topological polar surface area (TPSA) is 50.3 Å². The van der Waals surface area contributed by atoms with Crippen LogP contribution in [0, 0.1) is 5.92 Å². The Hall–Kier alpha value is -1.96. The quantitative estimate of drug-likeness (QED) is 0.548. The van der Waals surface area contributed by atoms with Crippen molar-refractivity contribution in [2.45, 2.75) is 65.8 Å². The molecule has 208 valence electrons. The monoisotopic (exact) mass is 513 g/mol. The van der Waals surface area contributed by atoms with E-state index < -0.39 is 0 Å². The number of likely N-dealkylation sites (N-methyl/N-ethyl adjacent to an activating group) is 1. The summed E-state index contributed by atoms with van der Waals surface area (Å²) in [6.45, 7) is 15.3. The minimum atomic E-state index is 0.0833. The smallest absolute Gasteiger partial charge is 0.253 e. The van der Waals surface area contributed by atoms with Gasteiger partial charge >= 0.3 is 0 Å². The zero-order valence-corrected chi connectivity index (χ0v) is 24.2. The van der Waals surface area contributed by atoms with Gasteiger partial charge in [-0.3, -0.25) is 19.4 Å². The molecule has 0 atom stereocenters. The lowest BCUT2D eigenvalue weighted by Gasteiger charge is -2.35. The van der Waals surface area contributed by atoms with Crippen molar-refractivity contribution < 1.29 is 9.59 Å². The number of nitrogens with zero attached hydrogens (tertiary/aromatic N) is 5. The fraction of sp³-hybridized carbons (Fsp3) is 0.733. The van der Waals surface area contributed by atoms with Crippen molar-refractivity contribution in [3.63, 3.8) is 0 Å². The number of anilines is 1. The normalized spacial score (nSPS) is 19.0. The van der Waals surface area contributed by atoms with Gasteiger partial charge in [-0.2, -0.15) is 0 Å². The van der Waals surface area contributed by atoms with E-state index >= 15 is 0 Å². The molecule has 0 aliphatic carbocycles. The van der Waals surface area contributed by atoms with E-state index in [1.165, 1.54) is 19.3 Å². The number of amides is 2. The van der Waals surface area contributed by atoms with E-state index in [0.29, 0.717) is 5.92 Å². The number of rotatable bonds is 7. The van der Waals surface area contributed by atoms with Crippen molar-refractivity contribution in [3.8, 4) is 0 Å². The zero-order chi connectivity index (χ0) is 26.8. The molecule has 3 rings (SSSR count). The van der Waals surface area contributed by atoms with E-state index in [1.807, 2.05) is 21.9 Å². The van der Waals surface area contributed by atoms with Crippen LogP contribution < -0.4 is 4.90 Å². The maximum Gasteiger partial charge on any atom is 0.253 e. The number of carbonyl (C=O) groups is 2. The number of hydrogen-bond acceptors (Lipinski definition) is 5. The summed E-state index contributed by atoms with van der Waals surface area (Å²) < 4.78 is 0. The standard InChI is InChI=1S/C30H51N5O2/c1-25(2)13-16-33-14-9-7-6-8-10-15-35(26(3)36)29-12-11-27(23-28(29)24-33)30(37)34-21-19-32(20-22-34)18-17-31(4)5/h11-12,23,25H,6-10,13-22,24H2,1-5H3. The Bertz CT molecular complexity index is 864. The molecule has 2 amide bonds. The molecule has 0 unspecified atom stereocenters. The third-order valence-electron chi connectivity index (χ3n) is 7.79. The highest BCUT2D eigenvalue weighted by atomic mass is 16.2. The van der Waals surface area contributed by atoms with Gasteiger partial charge in [0.2, 0.25) is 5.91 Å². The summed E-state index contributed by atoms with van der Waals surface area (Å²) in [7, 11) is 4.20. The molecular formula is C30H51N5O2. The molecule has 0 N–H and O–H groups in total. The van der Waals surface area contributed by atoms with Crippen LogP contribution in [-0.4, -0.2) is 104 Å². The van der Waals surface area contributed by atoms with Crippen LogP contribution in [-0.2, 0) is 11.3 Å². The Morgan fingerprint density at radius 1 is 0.865 bits per heavy atom. The van der Waals surface area contributed by atoms with Crippen molar-refractivity contribution in [1.29, 1.82) is 0 Å². The molecule has 1 saturated heterocycles. The summed E-state index contributed by atoms with van der Waals surface area (Å²) in [6, 6.07) is 6.06. The molecule has 0 spiro atoms. The first kappa shape index (κ1) is 29.6. The predicted molar refractivity (Wildman–Crippen MR) is 153 cm³/mol. The SMILES string of the molecule is CC(=O)N1CCCCCCCN(CCC(C)C)Cc2cc(C(=O)N3CCN(CCN(C)C)CC3)ccc21. The number of piperazine rings is 1. The molecule has 37 heavy (non-hydrogen) atoms. The van der Waals surface area contributed by atoms with Crippen LogP contribution in [0.25, 0.3) is 0 Å². The largest absolute Gasteiger partial charge is 0.336 e. The average molecular weight is 514 g/mol. The van der Waals surface area contributed by atoms with Gasteiger partial charge in [0.1, 0.15) is 0 Å². The van der Waals surface area contributed by atoms with E-state index in [1.54, 1.807) is 6.92 Å². The average Bonchev–Trinajstić information content (AvgIpc) is 2.86. The van der Waals surface area contributed by atoms with Crippen molar-refractivity contribution in [2.75, 3.05) is 77.9 Å². The Kier molecular flexibility index (Phi) is 11.9. The predicted octanol–water partition coefficient (Wildman–Crippen LogP) is 4.17. The molecule has 1 aromatic rings. The van der Waals surface area contributed by atoms with Crippen LogP contribution in [0.15, 0.2) is 18.2 Å². The van der Waals surface area contributed by atoms with Gasteiger partial charge in [0.05, 0.1) is 0 Å². The minimum absolute atomic E-state index is 0.0833. The van der Waals surface area contributed by atoms with E-state index in [-0.39, 0.29) is 11.8 Å². The second kappa shape index (κ2) is 14.8. The summed E-state index contributed by atoms with van der Waals surface area (Å²) in [5.74, 6) is 0.850. The van der Waals surface area contributed by atoms with Gasteiger partial charge in [-0.15, -0.1) is 0 Å². The molecule has 0 radical (unpaired) electrons. The molecule has 0 saturated carbocycles. The van der Waals surface area contributed by atoms with Crippen molar-refractivity contribution >= 4 is 17.5 Å². The first-order valence-electron chi connectivity index (χ1n) is 14.5. The third-order valence-corrected chi connectivity index (χ3v) is 7.79. The lowest BCUT2D eigenvalue weighted by molar-refractivity contribution is -0.116. The van der Waals surface area contributed by atoms with Gasteiger partial charge in [0.15, 0.2) is 0 Å². The van der Waals surface area contributed by atoms with Crippen LogP contribution in [0.1, 0.15) is 75.2 Å². The van der Waals surface area contributed by atoms with Gasteiger partial charge < -0.3 is 14.7 Å². The summed E-state index contributed by atoms with van der Waals surface area (Å²) in [5, 5.41) is 0. The van der Waals surface area contributed by atoms with Crippen LogP contribution in [0.2, 0.25) is 0 Å². The van der Waals surface area contributed by atoms with E-state index in [9.17, 15) is 9.59 Å². The van der Waals surface area contributed by atoms with Crippen molar-refractivity contribution in [3.05, 3.63) is 29.3 Å². The van der Waals surface area contributed by atoms with Gasteiger partial charge in [-0.25, -0.2) is 0 Å². The Morgan fingerprint density at radius 3 is 2.19 bits per heavy atom. The Balaban J connectivity index is 1.81. The molecule has 2 aliphatic rings. The first-order chi connectivity index (χ1) is 17.7. The van der Waals surface area contributed by atoms with Crippen molar-refractivity contribution in [1.82, 2.24) is 19.6 Å². The molecule has 7 heteroatoms. The summed E-state index contributed by atoms with van der Waals surface area (Å²) >= 11 is 0.